The van der Waals surface area contributed by atoms with E-state index in [0.717, 1.165) is 25.0 Å². The van der Waals surface area contributed by atoms with Crippen LogP contribution in [0.2, 0.25) is 0 Å². The van der Waals surface area contributed by atoms with Gasteiger partial charge in [0.1, 0.15) is 0 Å². The van der Waals surface area contributed by atoms with Crippen LogP contribution in [0.5, 0.6) is 0 Å². The first-order valence-electron chi connectivity index (χ1n) is 7.48. The van der Waals surface area contributed by atoms with Crippen LogP contribution in [0.25, 0.3) is 11.5 Å². The van der Waals surface area contributed by atoms with Gasteiger partial charge in [0.2, 0.25) is 17.7 Å². The van der Waals surface area contributed by atoms with Crippen molar-refractivity contribution in [2.24, 2.45) is 0 Å². The molecule has 2 atom stereocenters. The number of rotatable bonds is 6. The summed E-state index contributed by atoms with van der Waals surface area (Å²) in [4.78, 5) is 12.0. The lowest BCUT2D eigenvalue weighted by atomic mass is 10.1. The monoisotopic (exact) mass is 321 g/mol. The third-order valence-corrected chi connectivity index (χ3v) is 4.40. The fraction of sp³-hybridized carbons (Fsp3) is 0.533. The van der Waals surface area contributed by atoms with E-state index in [9.17, 15) is 4.79 Å². The van der Waals surface area contributed by atoms with Crippen molar-refractivity contribution in [3.05, 3.63) is 22.7 Å². The van der Waals surface area contributed by atoms with Crippen molar-refractivity contribution in [3.63, 3.8) is 0 Å². The number of carbonyl (C=O) groups is 1. The van der Waals surface area contributed by atoms with E-state index in [1.54, 1.807) is 11.3 Å². The molecule has 0 radical (unpaired) electrons. The highest BCUT2D eigenvalue weighted by atomic mass is 32.1. The molecule has 1 N–H and O–H groups in total. The second-order valence-electron chi connectivity index (χ2n) is 5.42. The zero-order valence-corrected chi connectivity index (χ0v) is 13.3. The fourth-order valence-electron chi connectivity index (χ4n) is 2.49. The number of nitrogens with one attached hydrogen (secondary N) is 1. The minimum Gasteiger partial charge on any atom is -0.421 e. The van der Waals surface area contributed by atoms with E-state index in [0.29, 0.717) is 24.6 Å². The van der Waals surface area contributed by atoms with Gasteiger partial charge in [-0.3, -0.25) is 4.79 Å². The average molecular weight is 321 g/mol. The molecule has 118 valence electrons. The minimum atomic E-state index is -0.0155. The summed E-state index contributed by atoms with van der Waals surface area (Å²) in [6.07, 6.45) is 2.99. The van der Waals surface area contributed by atoms with E-state index in [2.05, 4.69) is 15.5 Å². The second kappa shape index (κ2) is 7.02. The standard InChI is InChI=1S/C15H19N3O3S/c1-10(12-3-2-7-20-12)16-13(19)4-5-14-17-18-15(21-14)11-6-8-22-9-11/h6,8-10,12H,2-5,7H2,1H3,(H,16,19)/t10-,12-/m1/s1. The Bertz CT molecular complexity index is 605. The van der Waals surface area contributed by atoms with Crippen LogP contribution in [0.15, 0.2) is 21.2 Å². The van der Waals surface area contributed by atoms with Crippen molar-refractivity contribution in [2.75, 3.05) is 6.61 Å². The van der Waals surface area contributed by atoms with Gasteiger partial charge in [-0.15, -0.1) is 10.2 Å². The summed E-state index contributed by atoms with van der Waals surface area (Å²) in [5, 5.41) is 14.9. The highest BCUT2D eigenvalue weighted by Crippen LogP contribution is 2.21. The molecule has 1 saturated heterocycles. The normalized spacial score (nSPS) is 19.2. The molecule has 3 rings (SSSR count). The molecule has 0 spiro atoms. The lowest BCUT2D eigenvalue weighted by Crippen LogP contribution is -2.40. The second-order valence-corrected chi connectivity index (χ2v) is 6.20. The van der Waals surface area contributed by atoms with Gasteiger partial charge in [0.25, 0.3) is 0 Å². The van der Waals surface area contributed by atoms with Gasteiger partial charge >= 0.3 is 0 Å². The van der Waals surface area contributed by atoms with Gasteiger partial charge in [-0.05, 0) is 31.2 Å². The van der Waals surface area contributed by atoms with Crippen molar-refractivity contribution in [1.29, 1.82) is 0 Å². The Labute approximate surface area is 132 Å². The van der Waals surface area contributed by atoms with E-state index in [-0.39, 0.29) is 18.1 Å². The fourth-order valence-corrected chi connectivity index (χ4v) is 3.12. The molecule has 1 fully saturated rings. The number of amides is 1. The first-order chi connectivity index (χ1) is 10.7. The van der Waals surface area contributed by atoms with Crippen molar-refractivity contribution >= 4 is 17.2 Å². The number of thiophene rings is 1. The van der Waals surface area contributed by atoms with Crippen LogP contribution in [-0.4, -0.2) is 34.9 Å². The molecule has 0 saturated carbocycles. The van der Waals surface area contributed by atoms with E-state index in [1.807, 2.05) is 23.8 Å². The van der Waals surface area contributed by atoms with Crippen molar-refractivity contribution < 1.29 is 13.9 Å². The van der Waals surface area contributed by atoms with E-state index < -0.39 is 0 Å². The molecule has 1 amide bonds. The Morgan fingerprint density at radius 1 is 1.55 bits per heavy atom. The Balaban J connectivity index is 1.46. The maximum atomic E-state index is 12.0. The highest BCUT2D eigenvalue weighted by molar-refractivity contribution is 7.08. The molecular weight excluding hydrogens is 302 g/mol. The van der Waals surface area contributed by atoms with Gasteiger partial charge < -0.3 is 14.5 Å². The molecule has 1 aliphatic rings. The van der Waals surface area contributed by atoms with E-state index in [1.165, 1.54) is 0 Å². The van der Waals surface area contributed by atoms with E-state index >= 15 is 0 Å². The lowest BCUT2D eigenvalue weighted by Gasteiger charge is -2.19. The summed E-state index contributed by atoms with van der Waals surface area (Å²) >= 11 is 1.58. The van der Waals surface area contributed by atoms with Crippen LogP contribution in [0, 0.1) is 0 Å². The number of aromatic nitrogens is 2. The maximum absolute atomic E-state index is 12.0. The molecule has 22 heavy (non-hydrogen) atoms. The predicted molar refractivity (Wildman–Crippen MR) is 82.5 cm³/mol. The molecule has 0 aliphatic carbocycles. The summed E-state index contributed by atoms with van der Waals surface area (Å²) in [6.45, 7) is 2.77. The quantitative estimate of drug-likeness (QED) is 0.884. The number of ether oxygens (including phenoxy) is 1. The van der Waals surface area contributed by atoms with Crippen molar-refractivity contribution in [1.82, 2.24) is 15.5 Å². The van der Waals surface area contributed by atoms with Gasteiger partial charge in [0.05, 0.1) is 12.1 Å². The summed E-state index contributed by atoms with van der Waals surface area (Å²) in [6, 6.07) is 1.97. The number of nitrogens with zero attached hydrogens (tertiary/aromatic N) is 2. The van der Waals surface area contributed by atoms with Crippen molar-refractivity contribution in [3.8, 4) is 11.5 Å². The van der Waals surface area contributed by atoms with Crippen LogP contribution in [-0.2, 0) is 16.0 Å². The first-order valence-corrected chi connectivity index (χ1v) is 8.42. The summed E-state index contributed by atoms with van der Waals surface area (Å²) < 4.78 is 11.1. The van der Waals surface area contributed by atoms with Crippen LogP contribution in [0.3, 0.4) is 0 Å². The lowest BCUT2D eigenvalue weighted by molar-refractivity contribution is -0.122. The average Bonchev–Trinajstić information content (AvgIpc) is 3.25. The molecule has 2 aromatic rings. The number of carbonyl (C=O) groups excluding carboxylic acids is 1. The van der Waals surface area contributed by atoms with Gasteiger partial charge in [0, 0.05) is 30.4 Å². The van der Waals surface area contributed by atoms with Crippen molar-refractivity contribution in [2.45, 2.75) is 44.8 Å². The minimum absolute atomic E-state index is 0.0155. The smallest absolute Gasteiger partial charge is 0.248 e. The molecule has 7 heteroatoms. The summed E-state index contributed by atoms with van der Waals surface area (Å²) in [7, 11) is 0. The summed E-state index contributed by atoms with van der Waals surface area (Å²) in [5.41, 5.74) is 0.917. The number of hydrogen-bond donors (Lipinski definition) is 1. The maximum Gasteiger partial charge on any atom is 0.248 e. The number of aryl methyl sites for hydroxylation is 1. The van der Waals surface area contributed by atoms with Gasteiger partial charge in [-0.25, -0.2) is 0 Å². The number of hydrogen-bond acceptors (Lipinski definition) is 6. The molecule has 0 aromatic carbocycles. The van der Waals surface area contributed by atoms with Crippen LogP contribution in [0.4, 0.5) is 0 Å². The van der Waals surface area contributed by atoms with E-state index in [4.69, 9.17) is 9.15 Å². The van der Waals surface area contributed by atoms with Crippen LogP contribution in [0.1, 0.15) is 32.1 Å². The van der Waals surface area contributed by atoms with Gasteiger partial charge in [-0.2, -0.15) is 11.3 Å². The van der Waals surface area contributed by atoms with Gasteiger partial charge in [0.15, 0.2) is 0 Å². The Morgan fingerprint density at radius 2 is 2.45 bits per heavy atom. The zero-order chi connectivity index (χ0) is 15.4. The topological polar surface area (TPSA) is 77.3 Å². The highest BCUT2D eigenvalue weighted by Gasteiger charge is 2.23. The third-order valence-electron chi connectivity index (χ3n) is 3.71. The van der Waals surface area contributed by atoms with Crippen LogP contribution < -0.4 is 5.32 Å². The molecule has 2 aromatic heterocycles. The Hall–Kier alpha value is -1.73. The molecule has 1 aliphatic heterocycles. The van der Waals surface area contributed by atoms with Crippen LogP contribution >= 0.6 is 11.3 Å². The first kappa shape index (κ1) is 15.2. The molecule has 0 bridgehead atoms. The molecular formula is C15H19N3O3S. The molecule has 0 unspecified atom stereocenters. The zero-order valence-electron chi connectivity index (χ0n) is 12.4. The summed E-state index contributed by atoms with van der Waals surface area (Å²) in [5.74, 6) is 0.976. The SMILES string of the molecule is C[C@@H](NC(=O)CCc1nnc(-c2ccsc2)o1)[C@H]1CCCO1. The Kier molecular flexibility index (Phi) is 4.84. The Morgan fingerprint density at radius 3 is 3.18 bits per heavy atom. The molecule has 6 nitrogen and oxygen atoms in total. The third kappa shape index (κ3) is 3.72. The predicted octanol–water partition coefficient (Wildman–Crippen LogP) is 2.41. The molecule has 3 heterocycles. The largest absolute Gasteiger partial charge is 0.421 e. The van der Waals surface area contributed by atoms with Gasteiger partial charge in [-0.1, -0.05) is 0 Å².